The van der Waals surface area contributed by atoms with Gasteiger partial charge in [0.1, 0.15) is 6.61 Å². The summed E-state index contributed by atoms with van der Waals surface area (Å²) in [6.45, 7) is -0.713. The summed E-state index contributed by atoms with van der Waals surface area (Å²) >= 11 is 0. The van der Waals surface area contributed by atoms with E-state index in [1.54, 1.807) is 24.3 Å². The molecule has 0 saturated heterocycles. The van der Waals surface area contributed by atoms with E-state index in [2.05, 4.69) is 4.74 Å². The topological polar surface area (TPSA) is 35.5 Å². The van der Waals surface area contributed by atoms with E-state index in [1.165, 1.54) is 0 Å². The number of carbonyl (C=O) groups is 1. The van der Waals surface area contributed by atoms with Crippen LogP contribution in [0.25, 0.3) is 0 Å². The third-order valence-corrected chi connectivity index (χ3v) is 1.55. The quantitative estimate of drug-likeness (QED) is 0.533. The van der Waals surface area contributed by atoms with Crippen LogP contribution in [0.4, 0.5) is 4.39 Å². The lowest BCUT2D eigenvalue weighted by Crippen LogP contribution is -2.10. The highest BCUT2D eigenvalue weighted by atomic mass is 18.2. The Morgan fingerprint density at radius 1 is 1.21 bits per heavy atom. The van der Waals surface area contributed by atoms with Crippen LogP contribution in [0.2, 0.25) is 0 Å². The number of alkyl halides is 1. The molecule has 0 spiro atoms. The molecule has 1 aromatic rings. The summed E-state index contributed by atoms with van der Waals surface area (Å²) < 4.78 is 20.7. The third kappa shape index (κ3) is 3.53. The van der Waals surface area contributed by atoms with Gasteiger partial charge in [-0.05, 0) is 12.1 Å². The van der Waals surface area contributed by atoms with Crippen molar-refractivity contribution >= 4 is 5.97 Å². The molecule has 4 heteroatoms. The first kappa shape index (κ1) is 10.7. The Labute approximate surface area is 81.4 Å². The van der Waals surface area contributed by atoms with Crippen molar-refractivity contribution in [2.75, 3.05) is 20.1 Å². The Morgan fingerprint density at radius 3 is 2.57 bits per heavy atom. The number of hydrogen-bond acceptors (Lipinski definition) is 3. The van der Waals surface area contributed by atoms with Crippen LogP contribution in [0.5, 0.6) is 0 Å². The largest absolute Gasteiger partial charge is 0.460 e. The molecule has 0 bridgehead atoms. The highest BCUT2D eigenvalue weighted by Gasteiger charge is 2.04. The van der Waals surface area contributed by atoms with E-state index in [4.69, 9.17) is 4.74 Å². The maximum Gasteiger partial charge on any atom is 0.338 e. The highest BCUT2D eigenvalue weighted by molar-refractivity contribution is 5.89. The molecule has 3 nitrogen and oxygen atoms in total. The molecule has 0 unspecified atom stereocenters. The molecule has 0 aliphatic heterocycles. The fraction of sp³-hybridized carbons (Fsp3) is 0.300. The molecular weight excluding hydrogens is 186 g/mol. The smallest absolute Gasteiger partial charge is 0.338 e. The minimum absolute atomic E-state index is 0.0671. The van der Waals surface area contributed by atoms with Crippen molar-refractivity contribution < 1.29 is 18.7 Å². The molecule has 0 atom stereocenters. The van der Waals surface area contributed by atoms with Gasteiger partial charge in [0.2, 0.25) is 0 Å². The van der Waals surface area contributed by atoms with Gasteiger partial charge in [0, 0.05) is 0 Å². The minimum Gasteiger partial charge on any atom is -0.460 e. The second-order valence-electron chi connectivity index (χ2n) is 2.52. The van der Waals surface area contributed by atoms with Crippen molar-refractivity contribution in [3.05, 3.63) is 35.9 Å². The van der Waals surface area contributed by atoms with Crippen LogP contribution >= 0.6 is 0 Å². The average Bonchev–Trinajstić information content (AvgIpc) is 2.25. The molecule has 0 N–H and O–H groups in total. The van der Waals surface area contributed by atoms with Gasteiger partial charge < -0.3 is 9.47 Å². The van der Waals surface area contributed by atoms with Crippen molar-refractivity contribution in [3.8, 4) is 0 Å². The van der Waals surface area contributed by atoms with Crippen LogP contribution in [-0.4, -0.2) is 26.0 Å². The molecule has 0 heterocycles. The second-order valence-corrected chi connectivity index (χ2v) is 2.52. The fourth-order valence-electron chi connectivity index (χ4n) is 0.905. The van der Waals surface area contributed by atoms with Crippen LogP contribution in [0.3, 0.4) is 0 Å². The molecule has 76 valence electrons. The number of halogens is 1. The van der Waals surface area contributed by atoms with Gasteiger partial charge in [-0.3, -0.25) is 0 Å². The number of rotatable bonds is 5. The summed E-state index contributed by atoms with van der Waals surface area (Å²) in [7, 11) is 0. The standard InChI is InChI=1S/C10H11FO3/c11-8-13-6-7-14-10(12)9-4-2-1-3-5-9/h1-5H,6-8H2/i11-1. The summed E-state index contributed by atoms with van der Waals surface area (Å²) in [6.07, 6.45) is 0. The zero-order valence-electron chi connectivity index (χ0n) is 7.61. The molecule has 1 aromatic carbocycles. The molecule has 0 radical (unpaired) electrons. The van der Waals surface area contributed by atoms with Crippen LogP contribution in [0.15, 0.2) is 30.3 Å². The van der Waals surface area contributed by atoms with Crippen molar-refractivity contribution in [1.29, 1.82) is 0 Å². The first-order valence-corrected chi connectivity index (χ1v) is 4.20. The van der Waals surface area contributed by atoms with E-state index in [0.717, 1.165) is 0 Å². The first-order chi connectivity index (χ1) is 6.84. The van der Waals surface area contributed by atoms with Gasteiger partial charge in [-0.15, -0.1) is 0 Å². The normalized spacial score (nSPS) is 9.79. The van der Waals surface area contributed by atoms with Crippen molar-refractivity contribution in [2.45, 2.75) is 0 Å². The highest BCUT2D eigenvalue weighted by Crippen LogP contribution is 2.00. The van der Waals surface area contributed by atoms with Crippen LogP contribution in [0, 0.1) is 0 Å². The number of ether oxygens (including phenoxy) is 2. The van der Waals surface area contributed by atoms with Crippen molar-refractivity contribution in [1.82, 2.24) is 0 Å². The second kappa shape index (κ2) is 6.10. The van der Waals surface area contributed by atoms with Gasteiger partial charge in [-0.1, -0.05) is 18.2 Å². The van der Waals surface area contributed by atoms with Gasteiger partial charge in [-0.25, -0.2) is 9.18 Å². The van der Waals surface area contributed by atoms with E-state index < -0.39 is 12.8 Å². The van der Waals surface area contributed by atoms with Gasteiger partial charge >= 0.3 is 5.97 Å². The van der Waals surface area contributed by atoms with E-state index in [1.807, 2.05) is 6.07 Å². The van der Waals surface area contributed by atoms with E-state index in [-0.39, 0.29) is 13.2 Å². The summed E-state index contributed by atoms with van der Waals surface area (Å²) in [5.74, 6) is -0.423. The number of hydrogen-bond donors (Lipinski definition) is 0. The van der Waals surface area contributed by atoms with E-state index in [0.29, 0.717) is 5.56 Å². The van der Waals surface area contributed by atoms with Crippen LogP contribution in [0.1, 0.15) is 10.4 Å². The van der Waals surface area contributed by atoms with Gasteiger partial charge in [0.25, 0.3) is 0 Å². The fourth-order valence-corrected chi connectivity index (χ4v) is 0.905. The summed E-state index contributed by atoms with van der Waals surface area (Å²) in [5, 5.41) is 0. The lowest BCUT2D eigenvalue weighted by molar-refractivity contribution is 0.0111. The van der Waals surface area contributed by atoms with Gasteiger partial charge in [0.15, 0.2) is 6.86 Å². The van der Waals surface area contributed by atoms with Crippen molar-refractivity contribution in [3.63, 3.8) is 0 Å². The predicted octanol–water partition coefficient (Wildman–Crippen LogP) is 1.79. The van der Waals surface area contributed by atoms with Gasteiger partial charge in [0.05, 0.1) is 12.2 Å². The average molecular weight is 197 g/mol. The molecular formula is C10H11FO3. The van der Waals surface area contributed by atoms with Crippen LogP contribution < -0.4 is 0 Å². The molecule has 0 aliphatic carbocycles. The lowest BCUT2D eigenvalue weighted by atomic mass is 10.2. The van der Waals surface area contributed by atoms with E-state index >= 15 is 0 Å². The summed E-state index contributed by atoms with van der Waals surface area (Å²) in [6, 6.07) is 8.60. The number of carbonyl (C=O) groups excluding carboxylic acids is 1. The lowest BCUT2D eigenvalue weighted by Gasteiger charge is -2.03. The third-order valence-electron chi connectivity index (χ3n) is 1.55. The Kier molecular flexibility index (Phi) is 4.64. The van der Waals surface area contributed by atoms with Crippen LogP contribution in [-0.2, 0) is 9.47 Å². The SMILES string of the molecule is O=C(OCCOC[18F])c1ccccc1. The zero-order valence-corrected chi connectivity index (χ0v) is 7.61. The Hall–Kier alpha value is -1.42. The minimum atomic E-state index is -0.858. The number of benzene rings is 1. The molecule has 0 amide bonds. The zero-order chi connectivity index (χ0) is 10.2. The summed E-state index contributed by atoms with van der Waals surface area (Å²) in [5.41, 5.74) is 0.479. The Bertz CT molecular complexity index is 274. The molecule has 0 aliphatic rings. The maximum atomic E-state index is 11.5. The molecule has 1 rings (SSSR count). The van der Waals surface area contributed by atoms with E-state index in [9.17, 15) is 9.18 Å². The molecule has 14 heavy (non-hydrogen) atoms. The first-order valence-electron chi connectivity index (χ1n) is 4.20. The number of esters is 1. The maximum absolute atomic E-state index is 11.5. The Morgan fingerprint density at radius 2 is 1.93 bits per heavy atom. The Balaban J connectivity index is 2.29. The van der Waals surface area contributed by atoms with Gasteiger partial charge in [-0.2, -0.15) is 0 Å². The molecule has 0 aromatic heterocycles. The van der Waals surface area contributed by atoms with Crippen molar-refractivity contribution in [2.24, 2.45) is 0 Å². The predicted molar refractivity (Wildman–Crippen MR) is 48.7 cm³/mol. The molecule has 0 fully saturated rings. The monoisotopic (exact) mass is 197 g/mol. The molecule has 0 saturated carbocycles. The summed E-state index contributed by atoms with van der Waals surface area (Å²) in [4.78, 5) is 11.2.